The van der Waals surface area contributed by atoms with Crippen LogP contribution in [0.4, 0.5) is 11.4 Å². The third-order valence-electron chi connectivity index (χ3n) is 7.66. The summed E-state index contributed by atoms with van der Waals surface area (Å²) in [5.74, 6) is -0.0421. The maximum Gasteiger partial charge on any atom is 0.250 e. The molecule has 198 valence electrons. The van der Waals surface area contributed by atoms with Crippen molar-refractivity contribution in [1.29, 1.82) is 0 Å². The molecule has 2 fully saturated rings. The van der Waals surface area contributed by atoms with Gasteiger partial charge in [-0.1, -0.05) is 62.9 Å². The number of carbonyl (C=O) groups is 3. The van der Waals surface area contributed by atoms with Crippen LogP contribution in [0.5, 0.6) is 0 Å². The second-order valence-electron chi connectivity index (χ2n) is 10.4. The molecule has 2 aliphatic heterocycles. The van der Waals surface area contributed by atoms with Gasteiger partial charge in [0.1, 0.15) is 12.1 Å². The normalized spacial score (nSPS) is 16.9. The lowest BCUT2D eigenvalue weighted by Gasteiger charge is -2.43. The number of para-hydroxylation sites is 1. The van der Waals surface area contributed by atoms with Gasteiger partial charge in [-0.15, -0.1) is 0 Å². The SMILES string of the molecule is CCCCCCCC(=O)N1CCC2(CC1)C(=O)N(CC(=O)Nc1cccc(C)c1)CN2c1ccccc1. The second kappa shape index (κ2) is 12.3. The summed E-state index contributed by atoms with van der Waals surface area (Å²) in [5, 5.41) is 2.93. The summed E-state index contributed by atoms with van der Waals surface area (Å²) >= 11 is 0. The molecule has 2 heterocycles. The highest BCUT2D eigenvalue weighted by molar-refractivity contribution is 5.99. The Morgan fingerprint density at radius 2 is 1.68 bits per heavy atom. The Morgan fingerprint density at radius 1 is 0.946 bits per heavy atom. The predicted molar refractivity (Wildman–Crippen MR) is 147 cm³/mol. The average Bonchev–Trinajstić information content (AvgIpc) is 3.15. The van der Waals surface area contributed by atoms with E-state index in [1.165, 1.54) is 19.3 Å². The molecule has 7 nitrogen and oxygen atoms in total. The lowest BCUT2D eigenvalue weighted by atomic mass is 9.85. The molecule has 1 spiro atoms. The molecule has 4 rings (SSSR count). The summed E-state index contributed by atoms with van der Waals surface area (Å²) in [7, 11) is 0. The molecule has 0 saturated carbocycles. The van der Waals surface area contributed by atoms with Crippen molar-refractivity contribution in [3.63, 3.8) is 0 Å². The average molecular weight is 505 g/mol. The minimum Gasteiger partial charge on any atom is -0.342 e. The number of unbranched alkanes of at least 4 members (excludes halogenated alkanes) is 4. The number of piperidine rings is 1. The van der Waals surface area contributed by atoms with E-state index < -0.39 is 5.54 Å². The van der Waals surface area contributed by atoms with E-state index in [2.05, 4.69) is 17.1 Å². The predicted octanol–water partition coefficient (Wildman–Crippen LogP) is 4.96. The maximum absolute atomic E-state index is 13.9. The third kappa shape index (κ3) is 6.32. The van der Waals surface area contributed by atoms with Gasteiger partial charge in [0.25, 0.3) is 5.91 Å². The van der Waals surface area contributed by atoms with Gasteiger partial charge < -0.3 is 20.0 Å². The summed E-state index contributed by atoms with van der Waals surface area (Å²) in [4.78, 5) is 45.3. The van der Waals surface area contributed by atoms with Gasteiger partial charge in [0.2, 0.25) is 11.8 Å². The van der Waals surface area contributed by atoms with Crippen LogP contribution in [0.2, 0.25) is 0 Å². The molecule has 2 aliphatic rings. The Hall–Kier alpha value is -3.35. The number of nitrogens with one attached hydrogen (secondary N) is 1. The molecular formula is C30H40N4O3. The topological polar surface area (TPSA) is 73.0 Å². The third-order valence-corrected chi connectivity index (χ3v) is 7.66. The molecule has 0 aromatic heterocycles. The number of carbonyl (C=O) groups excluding carboxylic acids is 3. The quantitative estimate of drug-likeness (QED) is 0.464. The molecule has 2 aromatic rings. The van der Waals surface area contributed by atoms with Crippen molar-refractivity contribution in [3.05, 3.63) is 60.2 Å². The Morgan fingerprint density at radius 3 is 2.38 bits per heavy atom. The summed E-state index contributed by atoms with van der Waals surface area (Å²) in [6.45, 7) is 5.65. The highest BCUT2D eigenvalue weighted by Gasteiger charge is 2.54. The molecule has 0 aliphatic carbocycles. The summed E-state index contributed by atoms with van der Waals surface area (Å²) in [6.07, 6.45) is 7.34. The molecular weight excluding hydrogens is 464 g/mol. The molecule has 37 heavy (non-hydrogen) atoms. The van der Waals surface area contributed by atoms with Gasteiger partial charge in [-0.05, 0) is 56.0 Å². The van der Waals surface area contributed by atoms with Crippen LogP contribution < -0.4 is 10.2 Å². The number of nitrogens with zero attached hydrogens (tertiary/aromatic N) is 3. The van der Waals surface area contributed by atoms with Crippen molar-refractivity contribution in [1.82, 2.24) is 9.80 Å². The van der Waals surface area contributed by atoms with Crippen molar-refractivity contribution < 1.29 is 14.4 Å². The van der Waals surface area contributed by atoms with Crippen molar-refractivity contribution in [3.8, 4) is 0 Å². The molecule has 2 saturated heterocycles. The van der Waals surface area contributed by atoms with Crippen LogP contribution in [0.25, 0.3) is 0 Å². The zero-order valence-corrected chi connectivity index (χ0v) is 22.2. The van der Waals surface area contributed by atoms with E-state index in [1.807, 2.05) is 66.4 Å². The first kappa shape index (κ1) is 26.7. The number of rotatable bonds is 10. The second-order valence-corrected chi connectivity index (χ2v) is 10.4. The van der Waals surface area contributed by atoms with Crippen LogP contribution in [0.15, 0.2) is 54.6 Å². The van der Waals surface area contributed by atoms with Crippen molar-refractivity contribution >= 4 is 29.1 Å². The molecule has 0 radical (unpaired) electrons. The van der Waals surface area contributed by atoms with E-state index in [9.17, 15) is 14.4 Å². The number of anilines is 2. The Kier molecular flexibility index (Phi) is 8.85. The van der Waals surface area contributed by atoms with E-state index in [1.54, 1.807) is 4.90 Å². The van der Waals surface area contributed by atoms with E-state index in [4.69, 9.17) is 0 Å². The van der Waals surface area contributed by atoms with Crippen LogP contribution in [-0.2, 0) is 14.4 Å². The molecule has 3 amide bonds. The number of likely N-dealkylation sites (tertiary alicyclic amines) is 1. The van der Waals surface area contributed by atoms with Gasteiger partial charge >= 0.3 is 0 Å². The summed E-state index contributed by atoms with van der Waals surface area (Å²) < 4.78 is 0. The van der Waals surface area contributed by atoms with E-state index in [0.717, 1.165) is 29.8 Å². The van der Waals surface area contributed by atoms with E-state index in [-0.39, 0.29) is 24.3 Å². The van der Waals surface area contributed by atoms with Crippen molar-refractivity contribution in [2.24, 2.45) is 0 Å². The smallest absolute Gasteiger partial charge is 0.250 e. The molecule has 2 aromatic carbocycles. The summed E-state index contributed by atoms with van der Waals surface area (Å²) in [5.41, 5.74) is 2.02. The zero-order valence-electron chi connectivity index (χ0n) is 22.2. The van der Waals surface area contributed by atoms with Gasteiger partial charge in [-0.3, -0.25) is 14.4 Å². The first-order chi connectivity index (χ1) is 17.9. The van der Waals surface area contributed by atoms with Crippen molar-refractivity contribution in [2.45, 2.75) is 70.8 Å². The largest absolute Gasteiger partial charge is 0.342 e. The lowest BCUT2D eigenvalue weighted by molar-refractivity contribution is -0.139. The zero-order chi connectivity index (χ0) is 26.3. The van der Waals surface area contributed by atoms with Crippen molar-refractivity contribution in [2.75, 3.05) is 36.5 Å². The summed E-state index contributed by atoms with van der Waals surface area (Å²) in [6, 6.07) is 17.6. The Balaban J connectivity index is 1.42. The highest BCUT2D eigenvalue weighted by Crippen LogP contribution is 2.39. The molecule has 0 bridgehead atoms. The van der Waals surface area contributed by atoms with Crippen LogP contribution in [-0.4, -0.2) is 59.4 Å². The standard InChI is InChI=1S/C30H40N4O3/c1-3-4-5-6-10-16-28(36)32-19-17-30(18-20-32)29(37)33(23-34(30)26-14-8-7-9-15-26)22-27(35)31-25-13-11-12-24(2)21-25/h7-9,11-15,21H,3-6,10,16-20,22-23H2,1-2H3,(H,31,35). The van der Waals surface area contributed by atoms with Crippen LogP contribution in [0, 0.1) is 6.92 Å². The van der Waals surface area contributed by atoms with Gasteiger partial charge in [-0.25, -0.2) is 0 Å². The molecule has 0 unspecified atom stereocenters. The van der Waals surface area contributed by atoms with Crippen LogP contribution in [0.3, 0.4) is 0 Å². The molecule has 0 atom stereocenters. The lowest BCUT2D eigenvalue weighted by Crippen LogP contribution is -2.57. The fourth-order valence-electron chi connectivity index (χ4n) is 5.58. The molecule has 1 N–H and O–H groups in total. The van der Waals surface area contributed by atoms with E-state index >= 15 is 0 Å². The number of benzene rings is 2. The van der Waals surface area contributed by atoms with Gasteiger partial charge in [0.15, 0.2) is 0 Å². The Bertz CT molecular complexity index is 1080. The Labute approximate surface area is 220 Å². The van der Waals surface area contributed by atoms with Gasteiger partial charge in [0.05, 0.1) is 6.67 Å². The van der Waals surface area contributed by atoms with Gasteiger partial charge in [-0.2, -0.15) is 0 Å². The monoisotopic (exact) mass is 504 g/mol. The van der Waals surface area contributed by atoms with Gasteiger partial charge in [0, 0.05) is 30.9 Å². The first-order valence-electron chi connectivity index (χ1n) is 13.7. The number of amides is 3. The molecule has 7 heteroatoms. The first-order valence-corrected chi connectivity index (χ1v) is 13.7. The fourth-order valence-corrected chi connectivity index (χ4v) is 5.58. The number of aryl methyl sites for hydroxylation is 1. The van der Waals surface area contributed by atoms with Crippen LogP contribution in [0.1, 0.15) is 63.9 Å². The number of hydrogen-bond acceptors (Lipinski definition) is 4. The maximum atomic E-state index is 13.9. The minimum atomic E-state index is -0.733. The minimum absolute atomic E-state index is 0.00172. The van der Waals surface area contributed by atoms with E-state index in [0.29, 0.717) is 39.0 Å². The van der Waals surface area contributed by atoms with Crippen LogP contribution >= 0.6 is 0 Å². The fraction of sp³-hybridized carbons (Fsp3) is 0.500. The highest BCUT2D eigenvalue weighted by atomic mass is 16.2. The number of hydrogen-bond donors (Lipinski definition) is 1.